The van der Waals surface area contributed by atoms with Crippen LogP contribution in [0.1, 0.15) is 18.4 Å². The van der Waals surface area contributed by atoms with Gasteiger partial charge in [-0.15, -0.1) is 0 Å². The summed E-state index contributed by atoms with van der Waals surface area (Å²) in [7, 11) is 0. The van der Waals surface area contributed by atoms with E-state index in [0.29, 0.717) is 29.0 Å². The Morgan fingerprint density at radius 2 is 1.85 bits per heavy atom. The number of benzene rings is 2. The van der Waals surface area contributed by atoms with Crippen LogP contribution < -0.4 is 19.5 Å². The molecule has 1 fully saturated rings. The second-order valence-corrected chi connectivity index (χ2v) is 7.20. The van der Waals surface area contributed by atoms with Crippen molar-refractivity contribution in [3.63, 3.8) is 0 Å². The third kappa shape index (κ3) is 3.55. The summed E-state index contributed by atoms with van der Waals surface area (Å²) < 4.78 is 16.7. The Morgan fingerprint density at radius 1 is 1.08 bits per heavy atom. The summed E-state index contributed by atoms with van der Waals surface area (Å²) in [5.74, 6) is 1.68. The summed E-state index contributed by atoms with van der Waals surface area (Å²) >= 11 is 11.9. The number of hydrogen-bond donors (Lipinski definition) is 1. The first-order chi connectivity index (χ1) is 12.6. The highest BCUT2D eigenvalue weighted by Crippen LogP contribution is 2.47. The first-order valence-electron chi connectivity index (χ1n) is 8.35. The second-order valence-electron chi connectivity index (χ2n) is 6.35. The van der Waals surface area contributed by atoms with Gasteiger partial charge in [-0.25, -0.2) is 0 Å². The predicted molar refractivity (Wildman–Crippen MR) is 98.4 cm³/mol. The number of ether oxygens (including phenoxy) is 3. The second kappa shape index (κ2) is 6.89. The Labute approximate surface area is 161 Å². The fraction of sp³-hybridized carbons (Fsp3) is 0.316. The Bertz CT molecular complexity index is 851. The van der Waals surface area contributed by atoms with Gasteiger partial charge in [0.05, 0.1) is 10.6 Å². The van der Waals surface area contributed by atoms with Crippen molar-refractivity contribution in [2.24, 2.45) is 0 Å². The van der Waals surface area contributed by atoms with Gasteiger partial charge in [0, 0.05) is 5.02 Å². The standard InChI is InChI=1S/C19H17Cl2NO4/c20-13-2-4-15(14(21)10-13)26-11-18(23)22-19(5-6-19)12-1-3-16-17(9-12)25-8-7-24-16/h1-4,9-10H,5-8,11H2,(H,22,23). The Hall–Kier alpha value is -2.11. The van der Waals surface area contributed by atoms with Crippen molar-refractivity contribution in [2.45, 2.75) is 18.4 Å². The summed E-state index contributed by atoms with van der Waals surface area (Å²) in [5, 5.41) is 3.95. The van der Waals surface area contributed by atoms with Crippen LogP contribution in [0.5, 0.6) is 17.2 Å². The van der Waals surface area contributed by atoms with Gasteiger partial charge >= 0.3 is 0 Å². The van der Waals surface area contributed by atoms with Crippen LogP contribution in [-0.2, 0) is 10.3 Å². The minimum Gasteiger partial charge on any atom is -0.486 e. The molecule has 1 aliphatic heterocycles. The number of rotatable bonds is 5. The molecule has 1 amide bonds. The first kappa shape index (κ1) is 17.3. The molecule has 1 aliphatic carbocycles. The van der Waals surface area contributed by atoms with Gasteiger partial charge in [-0.2, -0.15) is 0 Å². The molecule has 2 aliphatic rings. The van der Waals surface area contributed by atoms with Crippen LogP contribution in [-0.4, -0.2) is 25.7 Å². The van der Waals surface area contributed by atoms with Gasteiger partial charge in [-0.3, -0.25) is 4.79 Å². The van der Waals surface area contributed by atoms with Gasteiger partial charge in [-0.1, -0.05) is 29.3 Å². The van der Waals surface area contributed by atoms with Crippen molar-refractivity contribution in [1.29, 1.82) is 0 Å². The molecule has 136 valence electrons. The Kier molecular flexibility index (Phi) is 4.59. The zero-order valence-corrected chi connectivity index (χ0v) is 15.4. The van der Waals surface area contributed by atoms with Gasteiger partial charge in [-0.05, 0) is 48.7 Å². The van der Waals surface area contributed by atoms with Gasteiger partial charge in [0.1, 0.15) is 19.0 Å². The van der Waals surface area contributed by atoms with E-state index in [2.05, 4.69) is 5.32 Å². The van der Waals surface area contributed by atoms with Crippen molar-refractivity contribution >= 4 is 29.1 Å². The lowest BCUT2D eigenvalue weighted by atomic mass is 10.0. The quantitative estimate of drug-likeness (QED) is 0.835. The number of carbonyl (C=O) groups excluding carboxylic acids is 1. The minimum atomic E-state index is -0.361. The lowest BCUT2D eigenvalue weighted by Gasteiger charge is -2.23. The van der Waals surface area contributed by atoms with Crippen molar-refractivity contribution in [3.8, 4) is 17.2 Å². The zero-order valence-electron chi connectivity index (χ0n) is 13.9. The van der Waals surface area contributed by atoms with E-state index in [1.165, 1.54) is 0 Å². The van der Waals surface area contributed by atoms with E-state index >= 15 is 0 Å². The highest BCUT2D eigenvalue weighted by Gasteiger charge is 2.46. The van der Waals surface area contributed by atoms with Crippen LogP contribution in [0.15, 0.2) is 36.4 Å². The number of hydrogen-bond acceptors (Lipinski definition) is 4. The van der Waals surface area contributed by atoms with Crippen molar-refractivity contribution in [1.82, 2.24) is 5.32 Å². The number of halogens is 2. The van der Waals surface area contributed by atoms with Crippen LogP contribution in [0.3, 0.4) is 0 Å². The topological polar surface area (TPSA) is 56.8 Å². The molecule has 4 rings (SSSR count). The highest BCUT2D eigenvalue weighted by molar-refractivity contribution is 6.35. The van der Waals surface area contributed by atoms with Gasteiger partial charge in [0.25, 0.3) is 5.91 Å². The highest BCUT2D eigenvalue weighted by atomic mass is 35.5. The van der Waals surface area contributed by atoms with Crippen LogP contribution in [0.4, 0.5) is 0 Å². The largest absolute Gasteiger partial charge is 0.486 e. The molecule has 26 heavy (non-hydrogen) atoms. The Morgan fingerprint density at radius 3 is 2.58 bits per heavy atom. The molecule has 0 saturated heterocycles. The van der Waals surface area contributed by atoms with Gasteiger partial charge in [0.15, 0.2) is 18.1 Å². The summed E-state index contributed by atoms with van der Waals surface area (Å²) in [6, 6.07) is 10.7. The van der Waals surface area contributed by atoms with Crippen LogP contribution in [0.2, 0.25) is 10.0 Å². The summed E-state index contributed by atoms with van der Waals surface area (Å²) in [5.41, 5.74) is 0.653. The first-order valence-corrected chi connectivity index (χ1v) is 9.10. The SMILES string of the molecule is O=C(COc1ccc(Cl)cc1Cl)NC1(c2ccc3c(c2)OCCO3)CC1. The molecular formula is C19H17Cl2NO4. The summed E-state index contributed by atoms with van der Waals surface area (Å²) in [6.07, 6.45) is 1.75. The fourth-order valence-corrected chi connectivity index (χ4v) is 3.45. The molecule has 0 radical (unpaired) electrons. The van der Waals surface area contributed by atoms with E-state index in [1.54, 1.807) is 18.2 Å². The monoisotopic (exact) mass is 393 g/mol. The molecular weight excluding hydrogens is 377 g/mol. The Balaban J connectivity index is 1.41. The molecule has 0 aromatic heterocycles. The number of carbonyl (C=O) groups is 1. The smallest absolute Gasteiger partial charge is 0.258 e. The molecule has 7 heteroatoms. The van der Waals surface area contributed by atoms with Crippen LogP contribution in [0, 0.1) is 0 Å². The van der Waals surface area contributed by atoms with Crippen molar-refractivity contribution in [2.75, 3.05) is 19.8 Å². The molecule has 0 atom stereocenters. The third-order valence-electron chi connectivity index (χ3n) is 4.48. The molecule has 0 bridgehead atoms. The van der Waals surface area contributed by atoms with E-state index in [9.17, 15) is 4.79 Å². The lowest BCUT2D eigenvalue weighted by molar-refractivity contribution is -0.124. The molecule has 0 spiro atoms. The predicted octanol–water partition coefficient (Wildman–Crippen LogP) is 3.95. The molecule has 2 aromatic carbocycles. The van der Waals surface area contributed by atoms with E-state index < -0.39 is 0 Å². The van der Waals surface area contributed by atoms with Gasteiger partial charge < -0.3 is 19.5 Å². The normalized spacial score (nSPS) is 16.7. The van der Waals surface area contributed by atoms with E-state index in [-0.39, 0.29) is 18.1 Å². The maximum atomic E-state index is 12.4. The molecule has 5 nitrogen and oxygen atoms in total. The average molecular weight is 394 g/mol. The van der Waals surface area contributed by atoms with E-state index in [4.69, 9.17) is 37.4 Å². The lowest BCUT2D eigenvalue weighted by Crippen LogP contribution is -2.38. The summed E-state index contributed by atoms with van der Waals surface area (Å²) in [6.45, 7) is 0.970. The third-order valence-corrected chi connectivity index (χ3v) is 5.01. The molecule has 2 aromatic rings. The molecule has 1 N–H and O–H groups in total. The minimum absolute atomic E-state index is 0.117. The maximum Gasteiger partial charge on any atom is 0.258 e. The molecule has 0 unspecified atom stereocenters. The van der Waals surface area contributed by atoms with E-state index in [1.807, 2.05) is 18.2 Å². The van der Waals surface area contributed by atoms with Crippen molar-refractivity contribution in [3.05, 3.63) is 52.0 Å². The van der Waals surface area contributed by atoms with Crippen molar-refractivity contribution < 1.29 is 19.0 Å². The van der Waals surface area contributed by atoms with Crippen LogP contribution in [0.25, 0.3) is 0 Å². The average Bonchev–Trinajstić information content (AvgIpc) is 3.41. The van der Waals surface area contributed by atoms with Crippen LogP contribution >= 0.6 is 23.2 Å². The number of nitrogens with one attached hydrogen (secondary N) is 1. The number of fused-ring (bicyclic) bond motifs is 1. The zero-order chi connectivity index (χ0) is 18.1. The van der Waals surface area contributed by atoms with E-state index in [0.717, 1.165) is 29.9 Å². The fourth-order valence-electron chi connectivity index (χ4n) is 2.99. The molecule has 1 saturated carbocycles. The molecule has 1 heterocycles. The van der Waals surface area contributed by atoms with Gasteiger partial charge in [0.2, 0.25) is 0 Å². The maximum absolute atomic E-state index is 12.4. The number of amides is 1. The summed E-state index contributed by atoms with van der Waals surface area (Å²) in [4.78, 5) is 12.4.